The van der Waals surface area contributed by atoms with E-state index in [2.05, 4.69) is 43.0 Å². The van der Waals surface area contributed by atoms with Crippen molar-refractivity contribution in [1.82, 2.24) is 20.5 Å². The summed E-state index contributed by atoms with van der Waals surface area (Å²) in [7, 11) is 3.45. The van der Waals surface area contributed by atoms with E-state index >= 15 is 0 Å². The monoisotopic (exact) mass is 438 g/mol. The number of pyridine rings is 1. The molecule has 1 amide bonds. The topological polar surface area (TPSA) is 90.9 Å². The Labute approximate surface area is 190 Å². The minimum absolute atomic E-state index is 0.0896. The number of aliphatic imine (C=N–C) groups is 1. The standard InChI is InChI=1S/C24H34N6O2/c1-18-10-11-22(27-16-18)29-23(31)12-13-26-24(25-2)28-17-20(30-14-6-7-15-30)19-8-4-5-9-21(19)32-3/h4-5,8-11,16,20H,6-7,12-15,17H2,1-3H3,(H2,25,26,28)(H,27,29,31). The van der Waals surface area contributed by atoms with Gasteiger partial charge in [-0.05, 0) is 50.6 Å². The van der Waals surface area contributed by atoms with Crippen molar-refractivity contribution in [2.24, 2.45) is 4.99 Å². The van der Waals surface area contributed by atoms with E-state index in [1.54, 1.807) is 26.4 Å². The van der Waals surface area contributed by atoms with Gasteiger partial charge in [-0.2, -0.15) is 0 Å². The Balaban J connectivity index is 1.52. The fourth-order valence-corrected chi connectivity index (χ4v) is 3.89. The zero-order valence-corrected chi connectivity index (χ0v) is 19.2. The van der Waals surface area contributed by atoms with Gasteiger partial charge in [-0.3, -0.25) is 14.7 Å². The summed E-state index contributed by atoms with van der Waals surface area (Å²) < 4.78 is 5.62. The molecule has 32 heavy (non-hydrogen) atoms. The molecule has 3 rings (SSSR count). The van der Waals surface area contributed by atoms with Crippen LogP contribution in [0.15, 0.2) is 47.6 Å². The number of para-hydroxylation sites is 1. The predicted molar refractivity (Wildman–Crippen MR) is 128 cm³/mol. The van der Waals surface area contributed by atoms with Crippen LogP contribution in [0.1, 0.15) is 36.4 Å². The summed E-state index contributed by atoms with van der Waals surface area (Å²) >= 11 is 0. The van der Waals surface area contributed by atoms with Crippen molar-refractivity contribution in [3.05, 3.63) is 53.7 Å². The summed E-state index contributed by atoms with van der Waals surface area (Å²) in [4.78, 5) is 23.2. The van der Waals surface area contributed by atoms with Crippen molar-refractivity contribution in [3.8, 4) is 5.75 Å². The summed E-state index contributed by atoms with van der Waals surface area (Å²) in [6.45, 7) is 5.27. The van der Waals surface area contributed by atoms with Crippen LogP contribution in [0, 0.1) is 6.92 Å². The van der Waals surface area contributed by atoms with Gasteiger partial charge in [-0.15, -0.1) is 0 Å². The van der Waals surface area contributed by atoms with Gasteiger partial charge < -0.3 is 20.7 Å². The summed E-state index contributed by atoms with van der Waals surface area (Å²) in [5.41, 5.74) is 2.23. The Kier molecular flexibility index (Phi) is 8.86. The molecule has 8 nitrogen and oxygen atoms in total. The number of carbonyl (C=O) groups excluding carboxylic acids is 1. The lowest BCUT2D eigenvalue weighted by molar-refractivity contribution is -0.116. The van der Waals surface area contributed by atoms with Gasteiger partial charge in [0.1, 0.15) is 11.6 Å². The van der Waals surface area contributed by atoms with Crippen LogP contribution in [-0.2, 0) is 4.79 Å². The first kappa shape index (κ1) is 23.5. The molecule has 172 valence electrons. The molecule has 2 heterocycles. The van der Waals surface area contributed by atoms with Gasteiger partial charge in [-0.25, -0.2) is 4.98 Å². The Hall–Kier alpha value is -3.13. The van der Waals surface area contributed by atoms with E-state index in [1.165, 1.54) is 18.4 Å². The van der Waals surface area contributed by atoms with Crippen LogP contribution in [0.4, 0.5) is 5.82 Å². The van der Waals surface area contributed by atoms with Crippen molar-refractivity contribution >= 4 is 17.7 Å². The van der Waals surface area contributed by atoms with E-state index in [9.17, 15) is 4.79 Å². The van der Waals surface area contributed by atoms with Crippen LogP contribution in [0.25, 0.3) is 0 Å². The van der Waals surface area contributed by atoms with Crippen LogP contribution in [-0.4, -0.2) is 62.1 Å². The molecule has 1 saturated heterocycles. The molecule has 1 aliphatic rings. The van der Waals surface area contributed by atoms with Crippen LogP contribution >= 0.6 is 0 Å². The number of nitrogens with zero attached hydrogens (tertiary/aromatic N) is 3. The second-order valence-electron chi connectivity index (χ2n) is 7.90. The van der Waals surface area contributed by atoms with Crippen molar-refractivity contribution in [1.29, 1.82) is 0 Å². The van der Waals surface area contributed by atoms with Crippen LogP contribution in [0.3, 0.4) is 0 Å². The van der Waals surface area contributed by atoms with Crippen LogP contribution in [0.2, 0.25) is 0 Å². The van der Waals surface area contributed by atoms with Crippen molar-refractivity contribution in [3.63, 3.8) is 0 Å². The van der Waals surface area contributed by atoms with E-state index in [-0.39, 0.29) is 11.9 Å². The molecule has 3 N–H and O–H groups in total. The predicted octanol–water partition coefficient (Wildman–Crippen LogP) is 2.73. The SMILES string of the molecule is CN=C(NCCC(=O)Nc1ccc(C)cn1)NCC(c1ccccc1OC)N1CCCC1. The molecular formula is C24H34N6O2. The van der Waals surface area contributed by atoms with Crippen molar-refractivity contribution in [2.75, 3.05) is 45.7 Å². The molecular weight excluding hydrogens is 404 g/mol. The number of amides is 1. The summed E-state index contributed by atoms with van der Waals surface area (Å²) in [6.07, 6.45) is 4.48. The van der Waals surface area contributed by atoms with Gasteiger partial charge in [-0.1, -0.05) is 24.3 Å². The molecule has 0 bridgehead atoms. The van der Waals surface area contributed by atoms with E-state index in [0.717, 1.165) is 24.4 Å². The molecule has 1 unspecified atom stereocenters. The Morgan fingerprint density at radius 2 is 1.97 bits per heavy atom. The highest BCUT2D eigenvalue weighted by Gasteiger charge is 2.26. The number of aromatic nitrogens is 1. The summed E-state index contributed by atoms with van der Waals surface area (Å²) in [5.74, 6) is 2.04. The molecule has 1 fully saturated rings. The number of guanidine groups is 1. The number of aryl methyl sites for hydroxylation is 1. The number of carbonyl (C=O) groups is 1. The van der Waals surface area contributed by atoms with Gasteiger partial charge in [0.15, 0.2) is 5.96 Å². The Morgan fingerprint density at radius 3 is 2.66 bits per heavy atom. The van der Waals surface area contributed by atoms with Gasteiger partial charge in [0.25, 0.3) is 0 Å². The van der Waals surface area contributed by atoms with Gasteiger partial charge in [0.2, 0.25) is 5.91 Å². The molecule has 1 aromatic heterocycles. The highest BCUT2D eigenvalue weighted by Crippen LogP contribution is 2.31. The third kappa shape index (κ3) is 6.68. The third-order valence-corrected chi connectivity index (χ3v) is 5.59. The maximum absolute atomic E-state index is 12.2. The average Bonchev–Trinajstić information content (AvgIpc) is 3.34. The maximum atomic E-state index is 12.2. The number of hydrogen-bond donors (Lipinski definition) is 3. The maximum Gasteiger partial charge on any atom is 0.227 e. The second-order valence-corrected chi connectivity index (χ2v) is 7.90. The zero-order valence-electron chi connectivity index (χ0n) is 19.2. The minimum Gasteiger partial charge on any atom is -0.496 e. The van der Waals surface area contributed by atoms with Crippen LogP contribution in [0.5, 0.6) is 5.75 Å². The molecule has 0 radical (unpaired) electrons. The molecule has 2 aromatic rings. The molecule has 1 atom stereocenters. The zero-order chi connectivity index (χ0) is 22.8. The largest absolute Gasteiger partial charge is 0.496 e. The number of ether oxygens (including phenoxy) is 1. The fraction of sp³-hybridized carbons (Fsp3) is 0.458. The van der Waals surface area contributed by atoms with E-state index in [1.807, 2.05) is 25.1 Å². The lowest BCUT2D eigenvalue weighted by Gasteiger charge is -2.30. The number of anilines is 1. The van der Waals surface area contributed by atoms with Crippen molar-refractivity contribution < 1.29 is 9.53 Å². The number of benzene rings is 1. The van der Waals surface area contributed by atoms with Crippen molar-refractivity contribution in [2.45, 2.75) is 32.2 Å². The normalized spacial score (nSPS) is 15.3. The average molecular weight is 439 g/mol. The molecule has 1 aromatic carbocycles. The number of hydrogen-bond acceptors (Lipinski definition) is 5. The minimum atomic E-state index is -0.0896. The summed E-state index contributed by atoms with van der Waals surface area (Å²) in [5, 5.41) is 9.46. The number of likely N-dealkylation sites (tertiary alicyclic amines) is 1. The third-order valence-electron chi connectivity index (χ3n) is 5.59. The lowest BCUT2D eigenvalue weighted by atomic mass is 10.0. The lowest BCUT2D eigenvalue weighted by Crippen LogP contribution is -2.43. The number of nitrogens with one attached hydrogen (secondary N) is 3. The van der Waals surface area contributed by atoms with Gasteiger partial charge >= 0.3 is 0 Å². The highest BCUT2D eigenvalue weighted by molar-refractivity contribution is 5.90. The molecule has 1 aliphatic heterocycles. The Morgan fingerprint density at radius 1 is 1.19 bits per heavy atom. The van der Waals surface area contributed by atoms with Crippen LogP contribution < -0.4 is 20.7 Å². The second kappa shape index (κ2) is 12.0. The first-order valence-corrected chi connectivity index (χ1v) is 11.1. The molecule has 0 aliphatic carbocycles. The van der Waals surface area contributed by atoms with E-state index in [0.29, 0.717) is 31.3 Å². The van der Waals surface area contributed by atoms with E-state index < -0.39 is 0 Å². The summed E-state index contributed by atoms with van der Waals surface area (Å²) in [6, 6.07) is 12.1. The highest BCUT2D eigenvalue weighted by atomic mass is 16.5. The first-order valence-electron chi connectivity index (χ1n) is 11.1. The molecule has 8 heteroatoms. The fourth-order valence-electron chi connectivity index (χ4n) is 3.89. The first-order chi connectivity index (χ1) is 15.6. The molecule has 0 saturated carbocycles. The Bertz CT molecular complexity index is 894. The smallest absolute Gasteiger partial charge is 0.227 e. The quantitative estimate of drug-likeness (QED) is 0.412. The van der Waals surface area contributed by atoms with E-state index in [4.69, 9.17) is 4.74 Å². The molecule has 0 spiro atoms. The number of methoxy groups -OCH3 is 1. The van der Waals surface area contributed by atoms with Gasteiger partial charge in [0.05, 0.1) is 13.2 Å². The van der Waals surface area contributed by atoms with Gasteiger partial charge in [0, 0.05) is 38.3 Å². The number of rotatable bonds is 9.